The van der Waals surface area contributed by atoms with Crippen LogP contribution in [0.15, 0.2) is 81.9 Å². The van der Waals surface area contributed by atoms with Crippen molar-refractivity contribution >= 4 is 48.7 Å². The molecule has 0 aliphatic carbocycles. The van der Waals surface area contributed by atoms with E-state index in [-0.39, 0.29) is 33.6 Å². The molecule has 0 saturated heterocycles. The van der Waals surface area contributed by atoms with E-state index in [9.17, 15) is 28.2 Å². The van der Waals surface area contributed by atoms with Crippen molar-refractivity contribution in [2.24, 2.45) is 10.2 Å². The van der Waals surface area contributed by atoms with Gasteiger partial charge in [-0.15, -0.1) is 10.2 Å². The number of nitrogens with zero attached hydrogens (tertiary/aromatic N) is 3. The van der Waals surface area contributed by atoms with Gasteiger partial charge >= 0.3 is 0 Å². The first-order valence-electron chi connectivity index (χ1n) is 8.57. The molecule has 4 aromatic carbocycles. The van der Waals surface area contributed by atoms with Gasteiger partial charge in [-0.2, -0.15) is 8.42 Å². The number of aromatic hydroxyl groups is 1. The highest BCUT2D eigenvalue weighted by Crippen LogP contribution is 2.38. The minimum absolute atomic E-state index is 0.0645. The second-order valence-corrected chi connectivity index (χ2v) is 7.79. The molecule has 0 heterocycles. The van der Waals surface area contributed by atoms with E-state index in [1.165, 1.54) is 24.3 Å². The lowest BCUT2D eigenvalue weighted by molar-refractivity contribution is -0.384. The molecule has 30 heavy (non-hydrogen) atoms. The molecule has 0 aliphatic heterocycles. The summed E-state index contributed by atoms with van der Waals surface area (Å²) >= 11 is 0. The average molecular weight is 423 g/mol. The lowest BCUT2D eigenvalue weighted by Gasteiger charge is -2.07. The van der Waals surface area contributed by atoms with Crippen molar-refractivity contribution < 1.29 is 23.0 Å². The fourth-order valence-electron chi connectivity index (χ4n) is 3.17. The monoisotopic (exact) mass is 423 g/mol. The largest absolute Gasteiger partial charge is 0.506 e. The molecule has 10 heteroatoms. The number of hydrogen-bond donors (Lipinski definition) is 2. The van der Waals surface area contributed by atoms with E-state index in [1.54, 1.807) is 18.2 Å². The predicted molar refractivity (Wildman–Crippen MR) is 110 cm³/mol. The Labute approximate surface area is 169 Å². The maximum absolute atomic E-state index is 11.7. The van der Waals surface area contributed by atoms with Gasteiger partial charge in [-0.1, -0.05) is 30.3 Å². The van der Waals surface area contributed by atoms with Crippen molar-refractivity contribution in [3.8, 4) is 5.75 Å². The van der Waals surface area contributed by atoms with E-state index in [1.807, 2.05) is 12.1 Å². The third kappa shape index (κ3) is 3.45. The van der Waals surface area contributed by atoms with Crippen LogP contribution < -0.4 is 0 Å². The van der Waals surface area contributed by atoms with Crippen molar-refractivity contribution in [1.29, 1.82) is 0 Å². The number of hydrogen-bond acceptors (Lipinski definition) is 7. The molecule has 9 nitrogen and oxygen atoms in total. The van der Waals surface area contributed by atoms with E-state index in [2.05, 4.69) is 10.2 Å². The van der Waals surface area contributed by atoms with Gasteiger partial charge in [-0.05, 0) is 29.7 Å². The van der Waals surface area contributed by atoms with Crippen LogP contribution in [0.2, 0.25) is 0 Å². The zero-order valence-electron chi connectivity index (χ0n) is 15.1. The average Bonchev–Trinajstić information content (AvgIpc) is 2.71. The molecule has 4 aromatic rings. The highest BCUT2D eigenvalue weighted by Gasteiger charge is 2.19. The highest BCUT2D eigenvalue weighted by atomic mass is 32.2. The third-order valence-corrected chi connectivity index (χ3v) is 5.47. The minimum Gasteiger partial charge on any atom is -0.506 e. The molecule has 2 N–H and O–H groups in total. The molecular weight excluding hydrogens is 410 g/mol. The van der Waals surface area contributed by atoms with E-state index in [0.717, 1.165) is 17.5 Å². The SMILES string of the molecule is O=[N+]([O-])c1ccc2c(N=Nc3c(O)ccc4ccccc34)ccc(S(=O)(=O)O)c2c1. The highest BCUT2D eigenvalue weighted by molar-refractivity contribution is 7.86. The molecule has 0 aromatic heterocycles. The molecule has 0 saturated carbocycles. The molecule has 0 amide bonds. The smallest absolute Gasteiger partial charge is 0.295 e. The second kappa shape index (κ2) is 7.17. The van der Waals surface area contributed by atoms with Gasteiger partial charge in [0.05, 0.1) is 10.6 Å². The van der Waals surface area contributed by atoms with Crippen LogP contribution in [-0.4, -0.2) is 23.0 Å². The Morgan fingerprint density at radius 2 is 1.63 bits per heavy atom. The number of nitro benzene ring substituents is 1. The van der Waals surface area contributed by atoms with Crippen molar-refractivity contribution in [3.63, 3.8) is 0 Å². The summed E-state index contributed by atoms with van der Waals surface area (Å²) in [6.45, 7) is 0. The zero-order valence-corrected chi connectivity index (χ0v) is 15.9. The summed E-state index contributed by atoms with van der Waals surface area (Å²) in [5, 5.41) is 31.2. The molecular formula is C20H13N3O6S. The number of non-ortho nitro benzene ring substituents is 1. The summed E-state index contributed by atoms with van der Waals surface area (Å²) in [5.41, 5.74) is 0.0924. The molecule has 0 aliphatic rings. The van der Waals surface area contributed by atoms with Crippen LogP contribution in [0, 0.1) is 10.1 Å². The summed E-state index contributed by atoms with van der Waals surface area (Å²) < 4.78 is 32.9. The van der Waals surface area contributed by atoms with E-state index in [0.29, 0.717) is 5.39 Å². The predicted octanol–water partition coefficient (Wildman–Crippen LogP) is 5.27. The Bertz CT molecular complexity index is 1460. The number of nitro groups is 1. The van der Waals surface area contributed by atoms with Crippen molar-refractivity contribution in [1.82, 2.24) is 0 Å². The van der Waals surface area contributed by atoms with Crippen LogP contribution >= 0.6 is 0 Å². The number of phenolic OH excluding ortho intramolecular Hbond substituents is 1. The maximum atomic E-state index is 11.7. The summed E-state index contributed by atoms with van der Waals surface area (Å²) in [5.74, 6) is -0.0908. The third-order valence-electron chi connectivity index (χ3n) is 4.56. The number of benzene rings is 4. The summed E-state index contributed by atoms with van der Waals surface area (Å²) in [6.07, 6.45) is 0. The Balaban J connectivity index is 1.93. The molecule has 0 unspecified atom stereocenters. The molecule has 0 spiro atoms. The first-order chi connectivity index (χ1) is 14.3. The van der Waals surface area contributed by atoms with Gasteiger partial charge < -0.3 is 5.11 Å². The van der Waals surface area contributed by atoms with E-state index in [4.69, 9.17) is 0 Å². The second-order valence-electron chi connectivity index (χ2n) is 6.40. The Morgan fingerprint density at radius 3 is 2.37 bits per heavy atom. The lowest BCUT2D eigenvalue weighted by atomic mass is 10.1. The van der Waals surface area contributed by atoms with Gasteiger partial charge in [0.1, 0.15) is 16.3 Å². The van der Waals surface area contributed by atoms with Crippen LogP contribution in [-0.2, 0) is 10.1 Å². The summed E-state index contributed by atoms with van der Waals surface area (Å²) in [6, 6.07) is 16.5. The maximum Gasteiger partial charge on any atom is 0.295 e. The number of azo groups is 1. The van der Waals surface area contributed by atoms with Crippen LogP contribution in [0.3, 0.4) is 0 Å². The molecule has 0 radical (unpaired) electrons. The van der Waals surface area contributed by atoms with Crippen molar-refractivity contribution in [2.45, 2.75) is 4.90 Å². The van der Waals surface area contributed by atoms with Gasteiger partial charge in [0, 0.05) is 28.3 Å². The van der Waals surface area contributed by atoms with Crippen molar-refractivity contribution in [3.05, 3.63) is 76.8 Å². The summed E-state index contributed by atoms with van der Waals surface area (Å²) in [4.78, 5) is 9.94. The number of rotatable bonds is 4. The molecule has 0 fully saturated rings. The standard InChI is InChI=1S/C20H13N3O6S/c24-18-9-5-12-3-1-2-4-14(12)20(18)22-21-17-8-10-19(30(27,28)29)16-11-13(23(25)26)6-7-15(16)17/h1-11,24H,(H,27,28,29). The topological polar surface area (TPSA) is 142 Å². The fourth-order valence-corrected chi connectivity index (χ4v) is 3.86. The number of phenols is 1. The van der Waals surface area contributed by atoms with Gasteiger partial charge in [0.25, 0.3) is 15.8 Å². The Kier molecular flexibility index (Phi) is 4.65. The Hall–Kier alpha value is -3.89. The van der Waals surface area contributed by atoms with E-state index >= 15 is 0 Å². The van der Waals surface area contributed by atoms with E-state index < -0.39 is 19.9 Å². The van der Waals surface area contributed by atoms with Crippen LogP contribution in [0.25, 0.3) is 21.5 Å². The first-order valence-corrected chi connectivity index (χ1v) is 10.0. The lowest BCUT2D eigenvalue weighted by Crippen LogP contribution is -1.99. The van der Waals surface area contributed by atoms with Crippen LogP contribution in [0.5, 0.6) is 5.75 Å². The van der Waals surface area contributed by atoms with Crippen LogP contribution in [0.1, 0.15) is 0 Å². The Morgan fingerprint density at radius 1 is 0.867 bits per heavy atom. The van der Waals surface area contributed by atoms with Gasteiger partial charge in [0.15, 0.2) is 0 Å². The molecule has 0 atom stereocenters. The normalized spacial score (nSPS) is 12.0. The minimum atomic E-state index is -4.63. The quantitative estimate of drug-likeness (QED) is 0.198. The number of fused-ring (bicyclic) bond motifs is 2. The van der Waals surface area contributed by atoms with Gasteiger partial charge in [0.2, 0.25) is 0 Å². The summed E-state index contributed by atoms with van der Waals surface area (Å²) in [7, 11) is -4.63. The van der Waals surface area contributed by atoms with Crippen LogP contribution in [0.4, 0.5) is 17.1 Å². The molecule has 0 bridgehead atoms. The first kappa shape index (κ1) is 19.4. The molecule has 150 valence electrons. The fraction of sp³-hybridized carbons (Fsp3) is 0. The van der Waals surface area contributed by atoms with Gasteiger partial charge in [-0.3, -0.25) is 14.7 Å². The molecule has 4 rings (SSSR count). The zero-order chi connectivity index (χ0) is 21.5. The van der Waals surface area contributed by atoms with Crippen molar-refractivity contribution in [2.75, 3.05) is 0 Å². The van der Waals surface area contributed by atoms with Gasteiger partial charge in [-0.25, -0.2) is 0 Å².